The van der Waals surface area contributed by atoms with Crippen molar-refractivity contribution in [3.8, 4) is 11.5 Å². The number of unbranched alkanes of at least 4 members (excludes halogenated alkanes) is 1. The van der Waals surface area contributed by atoms with Crippen molar-refractivity contribution in [3.63, 3.8) is 0 Å². The maximum atomic E-state index is 13.6. The first kappa shape index (κ1) is 27.5. The second-order valence-electron chi connectivity index (χ2n) is 9.43. The standard InChI is InChI=1S/C28H40O6S/c1-5-8-15-28(7-3)20-35(30,31)25-14-13-23(32-4)19-24(25)26(27(28)29)21-9-11-22(12-10-21)34-18-17-33-16-6-2/h9-14,19,26-27,29H,5-8,15-18,20H2,1-4H3/t26-,27?,28?/m1/s1. The van der Waals surface area contributed by atoms with Gasteiger partial charge >= 0.3 is 0 Å². The van der Waals surface area contributed by atoms with Gasteiger partial charge in [0.05, 0.1) is 30.5 Å². The van der Waals surface area contributed by atoms with Gasteiger partial charge in [0.2, 0.25) is 0 Å². The Morgan fingerprint density at radius 3 is 2.31 bits per heavy atom. The van der Waals surface area contributed by atoms with Crippen LogP contribution >= 0.6 is 0 Å². The maximum Gasteiger partial charge on any atom is 0.179 e. The van der Waals surface area contributed by atoms with Crippen LogP contribution in [0, 0.1) is 5.41 Å². The number of aliphatic hydroxyl groups excluding tert-OH is 1. The highest BCUT2D eigenvalue weighted by Gasteiger charge is 2.49. The summed E-state index contributed by atoms with van der Waals surface area (Å²) in [4.78, 5) is 0.280. The Bertz CT molecular complexity index is 1050. The maximum absolute atomic E-state index is 13.6. The van der Waals surface area contributed by atoms with Gasteiger partial charge in [0.25, 0.3) is 0 Å². The van der Waals surface area contributed by atoms with Crippen molar-refractivity contribution < 1.29 is 27.7 Å². The third-order valence-corrected chi connectivity index (χ3v) is 9.12. The van der Waals surface area contributed by atoms with E-state index in [0.29, 0.717) is 49.7 Å². The molecule has 0 aliphatic carbocycles. The Morgan fingerprint density at radius 2 is 1.69 bits per heavy atom. The monoisotopic (exact) mass is 504 g/mol. The van der Waals surface area contributed by atoms with Crippen LogP contribution in [0.25, 0.3) is 0 Å². The fraction of sp³-hybridized carbons (Fsp3) is 0.571. The summed E-state index contributed by atoms with van der Waals surface area (Å²) < 4.78 is 43.9. The van der Waals surface area contributed by atoms with Crippen LogP contribution in [0.2, 0.25) is 0 Å². The van der Waals surface area contributed by atoms with Crippen molar-refractivity contribution >= 4 is 9.84 Å². The molecule has 2 unspecified atom stereocenters. The highest BCUT2D eigenvalue weighted by atomic mass is 32.2. The molecule has 2 aromatic rings. The lowest BCUT2D eigenvalue weighted by Crippen LogP contribution is -2.42. The van der Waals surface area contributed by atoms with Crippen LogP contribution < -0.4 is 9.47 Å². The zero-order valence-electron chi connectivity index (χ0n) is 21.5. The quantitative estimate of drug-likeness (QED) is 0.392. The molecule has 0 bridgehead atoms. The second kappa shape index (κ2) is 12.2. The fourth-order valence-electron chi connectivity index (χ4n) is 5.08. The molecule has 0 saturated heterocycles. The zero-order chi connectivity index (χ0) is 25.5. The lowest BCUT2D eigenvalue weighted by atomic mass is 9.69. The minimum atomic E-state index is -3.61. The normalized spacial score (nSPS) is 23.3. The van der Waals surface area contributed by atoms with E-state index in [1.807, 2.05) is 31.2 Å². The van der Waals surface area contributed by atoms with Crippen molar-refractivity contribution in [2.24, 2.45) is 5.41 Å². The fourth-order valence-corrected chi connectivity index (χ4v) is 7.33. The van der Waals surface area contributed by atoms with Crippen LogP contribution in [0.1, 0.15) is 69.9 Å². The van der Waals surface area contributed by atoms with Crippen molar-refractivity contribution in [2.45, 2.75) is 69.8 Å². The topological polar surface area (TPSA) is 82.1 Å². The number of aliphatic hydroxyl groups is 1. The van der Waals surface area contributed by atoms with Gasteiger partial charge < -0.3 is 19.3 Å². The first-order valence-electron chi connectivity index (χ1n) is 12.7. The van der Waals surface area contributed by atoms with E-state index < -0.39 is 27.3 Å². The molecule has 1 heterocycles. The van der Waals surface area contributed by atoms with Crippen LogP contribution in [-0.2, 0) is 14.6 Å². The molecule has 0 aromatic heterocycles. The van der Waals surface area contributed by atoms with Gasteiger partial charge in [-0.3, -0.25) is 0 Å². The smallest absolute Gasteiger partial charge is 0.179 e. The first-order valence-corrected chi connectivity index (χ1v) is 14.4. The van der Waals surface area contributed by atoms with E-state index >= 15 is 0 Å². The number of benzene rings is 2. The van der Waals surface area contributed by atoms with Crippen molar-refractivity contribution in [1.29, 1.82) is 0 Å². The number of hydrogen-bond acceptors (Lipinski definition) is 6. The molecule has 35 heavy (non-hydrogen) atoms. The second-order valence-corrected chi connectivity index (χ2v) is 11.4. The van der Waals surface area contributed by atoms with Crippen LogP contribution in [0.5, 0.6) is 11.5 Å². The van der Waals surface area contributed by atoms with Gasteiger partial charge in [-0.15, -0.1) is 0 Å². The predicted molar refractivity (Wildman–Crippen MR) is 138 cm³/mol. The van der Waals surface area contributed by atoms with Crippen molar-refractivity contribution in [1.82, 2.24) is 0 Å². The molecule has 1 N–H and O–H groups in total. The summed E-state index contributed by atoms with van der Waals surface area (Å²) in [5.74, 6) is 0.715. The molecule has 194 valence electrons. The van der Waals surface area contributed by atoms with Gasteiger partial charge in [-0.25, -0.2) is 8.42 Å². The van der Waals surface area contributed by atoms with E-state index in [-0.39, 0.29) is 10.6 Å². The summed E-state index contributed by atoms with van der Waals surface area (Å²) in [6, 6.07) is 12.7. The molecule has 0 saturated carbocycles. The highest BCUT2D eigenvalue weighted by molar-refractivity contribution is 7.91. The third kappa shape index (κ3) is 6.19. The molecule has 2 aromatic carbocycles. The summed E-state index contributed by atoms with van der Waals surface area (Å²) >= 11 is 0. The molecular formula is C28H40O6S. The molecule has 1 aliphatic heterocycles. The Hall–Kier alpha value is -2.09. The molecular weight excluding hydrogens is 464 g/mol. The molecule has 6 nitrogen and oxygen atoms in total. The summed E-state index contributed by atoms with van der Waals surface area (Å²) in [5, 5.41) is 11.9. The lowest BCUT2D eigenvalue weighted by molar-refractivity contribution is 0.0173. The van der Waals surface area contributed by atoms with E-state index in [4.69, 9.17) is 14.2 Å². The predicted octanol–water partition coefficient (Wildman–Crippen LogP) is 5.37. The average molecular weight is 505 g/mol. The molecule has 0 fully saturated rings. The van der Waals surface area contributed by atoms with Crippen LogP contribution in [-0.4, -0.2) is 52.3 Å². The number of rotatable bonds is 12. The Balaban J connectivity index is 2.04. The van der Waals surface area contributed by atoms with Gasteiger partial charge in [0.1, 0.15) is 18.1 Å². The first-order chi connectivity index (χ1) is 16.8. The van der Waals surface area contributed by atoms with Gasteiger partial charge in [-0.1, -0.05) is 45.7 Å². The summed E-state index contributed by atoms with van der Waals surface area (Å²) in [6.07, 6.45) is 3.14. The van der Waals surface area contributed by atoms with Crippen LogP contribution in [0.4, 0.5) is 0 Å². The summed E-state index contributed by atoms with van der Waals surface area (Å²) in [5.41, 5.74) is 0.704. The molecule has 7 heteroatoms. The molecule has 3 atom stereocenters. The van der Waals surface area contributed by atoms with E-state index in [2.05, 4.69) is 13.8 Å². The van der Waals surface area contributed by atoms with Gasteiger partial charge in [0, 0.05) is 17.9 Å². The minimum Gasteiger partial charge on any atom is -0.497 e. The molecule has 0 spiro atoms. The number of hydrogen-bond donors (Lipinski definition) is 1. The van der Waals surface area contributed by atoms with Gasteiger partial charge in [0.15, 0.2) is 9.84 Å². The SMILES string of the molecule is CCCCC1(CC)CS(=O)(=O)c2ccc(OC)cc2[C@@H](c2ccc(OCCOCCC)cc2)C1O. The average Bonchev–Trinajstić information content (AvgIpc) is 2.93. The van der Waals surface area contributed by atoms with E-state index in [9.17, 15) is 13.5 Å². The lowest BCUT2D eigenvalue weighted by Gasteiger charge is -2.39. The Morgan fingerprint density at radius 1 is 0.971 bits per heavy atom. The number of fused-ring (bicyclic) bond motifs is 1. The zero-order valence-corrected chi connectivity index (χ0v) is 22.3. The molecule has 0 radical (unpaired) electrons. The third-order valence-electron chi connectivity index (χ3n) is 7.12. The summed E-state index contributed by atoms with van der Waals surface area (Å²) in [6.45, 7) is 7.84. The van der Waals surface area contributed by atoms with Crippen molar-refractivity contribution in [3.05, 3.63) is 53.6 Å². The Kier molecular flexibility index (Phi) is 9.62. The largest absolute Gasteiger partial charge is 0.497 e. The van der Waals surface area contributed by atoms with Crippen LogP contribution in [0.3, 0.4) is 0 Å². The van der Waals surface area contributed by atoms with Gasteiger partial charge in [-0.2, -0.15) is 0 Å². The number of methoxy groups -OCH3 is 1. The summed E-state index contributed by atoms with van der Waals surface area (Å²) in [7, 11) is -2.05. The molecule has 0 amide bonds. The van der Waals surface area contributed by atoms with E-state index in [0.717, 1.165) is 24.8 Å². The highest BCUT2D eigenvalue weighted by Crippen LogP contribution is 2.49. The van der Waals surface area contributed by atoms with E-state index in [1.54, 1.807) is 25.3 Å². The number of ether oxygens (including phenoxy) is 3. The molecule has 3 rings (SSSR count). The minimum absolute atomic E-state index is 0.0630. The van der Waals surface area contributed by atoms with E-state index in [1.165, 1.54) is 0 Å². The molecule has 1 aliphatic rings. The van der Waals surface area contributed by atoms with Crippen molar-refractivity contribution in [2.75, 3.05) is 32.7 Å². The van der Waals surface area contributed by atoms with Crippen LogP contribution in [0.15, 0.2) is 47.4 Å². The van der Waals surface area contributed by atoms with Gasteiger partial charge in [-0.05, 0) is 60.7 Å². The number of sulfone groups is 1. The Labute approximate surface area is 210 Å².